The van der Waals surface area contributed by atoms with Gasteiger partial charge in [-0.25, -0.2) is 0 Å². The van der Waals surface area contributed by atoms with Gasteiger partial charge in [0.05, 0.1) is 18.2 Å². The second kappa shape index (κ2) is 9.68. The zero-order valence-corrected chi connectivity index (χ0v) is 18.7. The van der Waals surface area contributed by atoms with Gasteiger partial charge in [-0.15, -0.1) is 0 Å². The molecule has 1 unspecified atom stereocenters. The van der Waals surface area contributed by atoms with Gasteiger partial charge in [-0.2, -0.15) is 0 Å². The number of benzene rings is 2. The van der Waals surface area contributed by atoms with E-state index >= 15 is 0 Å². The van der Waals surface area contributed by atoms with E-state index < -0.39 is 23.7 Å². The second-order valence-corrected chi connectivity index (χ2v) is 7.57. The van der Waals surface area contributed by atoms with Crippen LogP contribution in [0.2, 0.25) is 0 Å². The molecular weight excluding hydrogens is 410 g/mol. The van der Waals surface area contributed by atoms with Gasteiger partial charge in [0.1, 0.15) is 17.3 Å². The molecule has 1 aliphatic rings. The first-order valence-corrected chi connectivity index (χ1v) is 10.6. The number of carbonyl (C=O) groups excluding carboxylic acids is 3. The number of likely N-dealkylation sites (tertiary alicyclic amines) is 1. The summed E-state index contributed by atoms with van der Waals surface area (Å²) in [5.74, 6) is -1.16. The number of aryl methyl sites for hydroxylation is 1. The molecule has 0 aliphatic carbocycles. The van der Waals surface area contributed by atoms with Gasteiger partial charge in [-0.3, -0.25) is 14.4 Å². The van der Waals surface area contributed by atoms with Gasteiger partial charge in [0.25, 0.3) is 11.7 Å². The molecule has 0 bridgehead atoms. The number of esters is 1. The predicted molar refractivity (Wildman–Crippen MR) is 119 cm³/mol. The Morgan fingerprint density at radius 1 is 1.12 bits per heavy atom. The van der Waals surface area contributed by atoms with Gasteiger partial charge in [0.15, 0.2) is 0 Å². The zero-order valence-electron chi connectivity index (χ0n) is 18.7. The third-order valence-corrected chi connectivity index (χ3v) is 5.19. The maximum absolute atomic E-state index is 13.0. The average Bonchev–Trinajstić information content (AvgIpc) is 3.00. The minimum atomic E-state index is -0.794. The SMILES string of the molecule is CCCN1C(=O)C(=O)/C(=C(/O)c2ccc(OCC)c(C)c2)C1c1cccc(OC(C)=O)c1. The summed E-state index contributed by atoms with van der Waals surface area (Å²) < 4.78 is 10.7. The highest BCUT2D eigenvalue weighted by Gasteiger charge is 2.45. The van der Waals surface area contributed by atoms with Gasteiger partial charge in [-0.1, -0.05) is 19.1 Å². The van der Waals surface area contributed by atoms with Crippen LogP contribution in [0.5, 0.6) is 11.5 Å². The van der Waals surface area contributed by atoms with Crippen molar-refractivity contribution in [2.45, 2.75) is 40.2 Å². The molecular formula is C25H27NO6. The molecule has 1 N–H and O–H groups in total. The third-order valence-electron chi connectivity index (χ3n) is 5.19. The van der Waals surface area contributed by atoms with Crippen molar-refractivity contribution in [3.05, 3.63) is 64.7 Å². The number of carbonyl (C=O) groups is 3. The molecule has 1 fully saturated rings. The summed E-state index contributed by atoms with van der Waals surface area (Å²) in [6.07, 6.45) is 0.634. The Bertz CT molecular complexity index is 1090. The van der Waals surface area contributed by atoms with Gasteiger partial charge < -0.3 is 19.5 Å². The normalized spacial score (nSPS) is 17.5. The molecule has 0 radical (unpaired) electrons. The summed E-state index contributed by atoms with van der Waals surface area (Å²) in [7, 11) is 0. The van der Waals surface area contributed by atoms with E-state index in [4.69, 9.17) is 9.47 Å². The first-order valence-electron chi connectivity index (χ1n) is 10.6. The summed E-state index contributed by atoms with van der Waals surface area (Å²) in [6.45, 7) is 7.77. The number of hydrogen-bond donors (Lipinski definition) is 1. The van der Waals surface area contributed by atoms with Crippen LogP contribution in [-0.4, -0.2) is 40.8 Å². The Balaban J connectivity index is 2.15. The first kappa shape index (κ1) is 23.1. The maximum atomic E-state index is 13.0. The van der Waals surface area contributed by atoms with Crippen LogP contribution in [0, 0.1) is 6.92 Å². The summed E-state index contributed by atoms with van der Waals surface area (Å²) in [5.41, 5.74) is 1.79. The number of aliphatic hydroxyl groups is 1. The monoisotopic (exact) mass is 437 g/mol. The highest BCUT2D eigenvalue weighted by molar-refractivity contribution is 6.46. The molecule has 1 amide bonds. The van der Waals surface area contributed by atoms with Gasteiger partial charge in [-0.05, 0) is 61.7 Å². The Morgan fingerprint density at radius 2 is 1.88 bits per heavy atom. The standard InChI is InChI=1S/C25H27NO6/c1-5-12-26-22(17-8-7-9-19(14-17)32-16(4)27)21(24(29)25(26)30)23(28)18-10-11-20(31-6-2)15(3)13-18/h7-11,13-14,22,28H,5-6,12H2,1-4H3/b23-21+. The molecule has 168 valence electrons. The number of aliphatic hydroxyl groups excluding tert-OH is 1. The van der Waals surface area contributed by atoms with Crippen LogP contribution in [0.1, 0.15) is 49.9 Å². The fourth-order valence-corrected chi connectivity index (χ4v) is 3.88. The fraction of sp³-hybridized carbons (Fsp3) is 0.320. The lowest BCUT2D eigenvalue weighted by atomic mass is 9.94. The van der Waals surface area contributed by atoms with Crippen LogP contribution in [-0.2, 0) is 14.4 Å². The van der Waals surface area contributed by atoms with E-state index in [0.717, 1.165) is 5.56 Å². The Morgan fingerprint density at radius 3 is 2.50 bits per heavy atom. The van der Waals surface area contributed by atoms with Crippen molar-refractivity contribution in [2.24, 2.45) is 0 Å². The van der Waals surface area contributed by atoms with Gasteiger partial charge in [0, 0.05) is 19.0 Å². The number of amides is 1. The van der Waals surface area contributed by atoms with Crippen molar-refractivity contribution in [2.75, 3.05) is 13.2 Å². The van der Waals surface area contributed by atoms with Crippen LogP contribution >= 0.6 is 0 Å². The third kappa shape index (κ3) is 4.51. The minimum absolute atomic E-state index is 0.00647. The van der Waals surface area contributed by atoms with E-state index in [-0.39, 0.29) is 11.3 Å². The number of hydrogen-bond acceptors (Lipinski definition) is 6. The number of ether oxygens (including phenoxy) is 2. The largest absolute Gasteiger partial charge is 0.507 e. The quantitative estimate of drug-likeness (QED) is 0.230. The molecule has 0 saturated carbocycles. The van der Waals surface area contributed by atoms with E-state index in [9.17, 15) is 19.5 Å². The van der Waals surface area contributed by atoms with E-state index in [1.807, 2.05) is 20.8 Å². The van der Waals surface area contributed by atoms with Crippen molar-refractivity contribution in [1.82, 2.24) is 4.90 Å². The summed E-state index contributed by atoms with van der Waals surface area (Å²) >= 11 is 0. The van der Waals surface area contributed by atoms with Crippen molar-refractivity contribution < 1.29 is 29.0 Å². The average molecular weight is 437 g/mol. The minimum Gasteiger partial charge on any atom is -0.507 e. The predicted octanol–water partition coefficient (Wildman–Crippen LogP) is 4.15. The molecule has 32 heavy (non-hydrogen) atoms. The zero-order chi connectivity index (χ0) is 23.4. The Hall–Kier alpha value is -3.61. The maximum Gasteiger partial charge on any atom is 0.308 e. The fourth-order valence-electron chi connectivity index (χ4n) is 3.88. The lowest BCUT2D eigenvalue weighted by molar-refractivity contribution is -0.139. The lowest BCUT2D eigenvalue weighted by Gasteiger charge is -2.25. The summed E-state index contributed by atoms with van der Waals surface area (Å²) in [4.78, 5) is 38.6. The van der Waals surface area contributed by atoms with Crippen molar-refractivity contribution in [3.63, 3.8) is 0 Å². The van der Waals surface area contributed by atoms with Crippen LogP contribution in [0.25, 0.3) is 5.76 Å². The number of Topliss-reactive ketones (excluding diaryl/α,β-unsaturated/α-hetero) is 1. The summed E-state index contributed by atoms with van der Waals surface area (Å²) in [6, 6.07) is 11.0. The van der Waals surface area contributed by atoms with E-state index in [1.165, 1.54) is 11.8 Å². The van der Waals surface area contributed by atoms with Crippen LogP contribution in [0.15, 0.2) is 48.0 Å². The molecule has 7 nitrogen and oxygen atoms in total. The molecule has 1 aliphatic heterocycles. The van der Waals surface area contributed by atoms with Crippen LogP contribution < -0.4 is 9.47 Å². The smallest absolute Gasteiger partial charge is 0.308 e. The summed E-state index contributed by atoms with van der Waals surface area (Å²) in [5, 5.41) is 11.1. The molecule has 3 rings (SSSR count). The molecule has 2 aromatic rings. The van der Waals surface area contributed by atoms with Crippen molar-refractivity contribution in [3.8, 4) is 11.5 Å². The number of rotatable bonds is 7. The molecule has 2 aromatic carbocycles. The molecule has 1 atom stereocenters. The van der Waals surface area contributed by atoms with Gasteiger partial charge >= 0.3 is 5.97 Å². The number of ketones is 1. The van der Waals surface area contributed by atoms with Crippen LogP contribution in [0.3, 0.4) is 0 Å². The molecule has 1 saturated heterocycles. The molecule has 1 heterocycles. The molecule has 0 aromatic heterocycles. The van der Waals surface area contributed by atoms with E-state index in [0.29, 0.717) is 42.2 Å². The number of nitrogens with zero attached hydrogens (tertiary/aromatic N) is 1. The Kier molecular flexibility index (Phi) is 6.98. The van der Waals surface area contributed by atoms with Gasteiger partial charge in [0.2, 0.25) is 0 Å². The topological polar surface area (TPSA) is 93.1 Å². The molecule has 0 spiro atoms. The highest BCUT2D eigenvalue weighted by Crippen LogP contribution is 2.40. The Labute approximate surface area is 187 Å². The van der Waals surface area contributed by atoms with Crippen molar-refractivity contribution in [1.29, 1.82) is 0 Å². The molecule has 7 heteroatoms. The highest BCUT2D eigenvalue weighted by atomic mass is 16.5. The van der Waals surface area contributed by atoms with Crippen LogP contribution in [0.4, 0.5) is 0 Å². The van der Waals surface area contributed by atoms with Crippen molar-refractivity contribution >= 4 is 23.4 Å². The van der Waals surface area contributed by atoms with E-state index in [1.54, 1.807) is 42.5 Å². The lowest BCUT2D eigenvalue weighted by Crippen LogP contribution is -2.30. The van der Waals surface area contributed by atoms with E-state index in [2.05, 4.69) is 0 Å². The first-order chi connectivity index (χ1) is 15.3. The second-order valence-electron chi connectivity index (χ2n) is 7.57.